The van der Waals surface area contributed by atoms with Gasteiger partial charge in [0, 0.05) is 23.7 Å². The maximum atomic E-state index is 13.9. The number of hydrogen-bond acceptors (Lipinski definition) is 6. The fourth-order valence-corrected chi connectivity index (χ4v) is 6.70. The van der Waals surface area contributed by atoms with Crippen molar-refractivity contribution in [3.8, 4) is 5.75 Å². The van der Waals surface area contributed by atoms with Gasteiger partial charge >= 0.3 is 0 Å². The number of anilines is 2. The number of carbonyl (C=O) groups excluding carboxylic acids is 1. The second-order valence-corrected chi connectivity index (χ2v) is 12.9. The van der Waals surface area contributed by atoms with Crippen LogP contribution in [0.1, 0.15) is 45.2 Å². The van der Waals surface area contributed by atoms with Gasteiger partial charge in [-0.1, -0.05) is 31.2 Å². The Morgan fingerprint density at radius 2 is 1.70 bits per heavy atom. The van der Waals surface area contributed by atoms with E-state index < -0.39 is 15.9 Å². The lowest BCUT2D eigenvalue weighted by Gasteiger charge is -2.32. The van der Waals surface area contributed by atoms with E-state index >= 15 is 0 Å². The van der Waals surface area contributed by atoms with Crippen LogP contribution in [-0.4, -0.2) is 46.8 Å². The van der Waals surface area contributed by atoms with Crippen molar-refractivity contribution in [1.29, 1.82) is 0 Å². The molecule has 40 heavy (non-hydrogen) atoms. The molecule has 1 aliphatic rings. The van der Waals surface area contributed by atoms with Crippen molar-refractivity contribution in [2.45, 2.75) is 49.4 Å². The third-order valence-electron chi connectivity index (χ3n) is 7.29. The SMILES string of the molecule is CCOc1ccccc1N(CC(=O)NC(C)c1ccc(N2CCC(C)CC2)cc1)S(=O)(=O)c1ccc(SC)cc1. The van der Waals surface area contributed by atoms with Gasteiger partial charge in [0.15, 0.2) is 0 Å². The van der Waals surface area contributed by atoms with Gasteiger partial charge in [-0.3, -0.25) is 9.10 Å². The summed E-state index contributed by atoms with van der Waals surface area (Å²) in [6, 6.07) is 21.5. The van der Waals surface area contributed by atoms with E-state index in [1.54, 1.807) is 48.5 Å². The van der Waals surface area contributed by atoms with E-state index in [4.69, 9.17) is 4.74 Å². The molecule has 1 saturated heterocycles. The number of amides is 1. The molecule has 4 rings (SSSR count). The van der Waals surface area contributed by atoms with Crippen LogP contribution in [0.3, 0.4) is 0 Å². The van der Waals surface area contributed by atoms with Gasteiger partial charge in [-0.2, -0.15) is 0 Å². The summed E-state index contributed by atoms with van der Waals surface area (Å²) in [6.45, 7) is 8.13. The van der Waals surface area contributed by atoms with Gasteiger partial charge in [-0.25, -0.2) is 8.42 Å². The van der Waals surface area contributed by atoms with Gasteiger partial charge in [-0.15, -0.1) is 11.8 Å². The number of piperidine rings is 1. The summed E-state index contributed by atoms with van der Waals surface area (Å²) in [5, 5.41) is 2.99. The molecule has 0 radical (unpaired) electrons. The number of ether oxygens (including phenoxy) is 1. The number of sulfonamides is 1. The molecule has 1 amide bonds. The maximum Gasteiger partial charge on any atom is 0.264 e. The Morgan fingerprint density at radius 3 is 2.33 bits per heavy atom. The van der Waals surface area contributed by atoms with Gasteiger partial charge in [0.2, 0.25) is 5.91 Å². The minimum Gasteiger partial charge on any atom is -0.492 e. The van der Waals surface area contributed by atoms with Crippen LogP contribution in [0.5, 0.6) is 5.75 Å². The van der Waals surface area contributed by atoms with E-state index in [-0.39, 0.29) is 17.5 Å². The second kappa shape index (κ2) is 13.5. The molecular weight excluding hydrogens is 542 g/mol. The van der Waals surface area contributed by atoms with Crippen LogP contribution in [0.4, 0.5) is 11.4 Å². The molecule has 1 heterocycles. The Morgan fingerprint density at radius 1 is 1.05 bits per heavy atom. The molecule has 0 aromatic heterocycles. The largest absolute Gasteiger partial charge is 0.492 e. The molecule has 0 saturated carbocycles. The highest BCUT2D eigenvalue weighted by Crippen LogP contribution is 2.33. The van der Waals surface area contributed by atoms with Crippen molar-refractivity contribution in [2.75, 3.05) is 41.7 Å². The van der Waals surface area contributed by atoms with Gasteiger partial charge in [-0.05, 0) is 93.0 Å². The van der Waals surface area contributed by atoms with E-state index in [2.05, 4.69) is 29.3 Å². The first-order valence-corrected chi connectivity index (χ1v) is 16.4. The molecule has 3 aromatic rings. The Balaban J connectivity index is 1.54. The first-order chi connectivity index (χ1) is 19.2. The molecule has 0 bridgehead atoms. The predicted octanol–water partition coefficient (Wildman–Crippen LogP) is 6.12. The van der Waals surface area contributed by atoms with Crippen LogP contribution in [0.15, 0.2) is 82.6 Å². The topological polar surface area (TPSA) is 79.0 Å². The number of benzene rings is 3. The molecule has 7 nitrogen and oxygen atoms in total. The lowest BCUT2D eigenvalue weighted by atomic mass is 9.98. The molecule has 1 fully saturated rings. The van der Waals surface area contributed by atoms with Crippen molar-refractivity contribution in [3.05, 3.63) is 78.4 Å². The number of para-hydroxylation sites is 2. The van der Waals surface area contributed by atoms with Crippen LogP contribution < -0.4 is 19.3 Å². The third-order valence-corrected chi connectivity index (χ3v) is 9.81. The smallest absolute Gasteiger partial charge is 0.264 e. The Hall–Kier alpha value is -3.17. The minimum atomic E-state index is -4.06. The molecule has 1 atom stereocenters. The van der Waals surface area contributed by atoms with E-state index in [9.17, 15) is 13.2 Å². The summed E-state index contributed by atoms with van der Waals surface area (Å²) < 4.78 is 34.6. The van der Waals surface area contributed by atoms with Crippen LogP contribution in [0.2, 0.25) is 0 Å². The van der Waals surface area contributed by atoms with Gasteiger partial charge in [0.25, 0.3) is 10.0 Å². The normalized spacial score (nSPS) is 14.9. The summed E-state index contributed by atoms with van der Waals surface area (Å²) in [6.07, 6.45) is 4.32. The minimum absolute atomic E-state index is 0.111. The van der Waals surface area contributed by atoms with Crippen molar-refractivity contribution in [1.82, 2.24) is 5.32 Å². The highest BCUT2D eigenvalue weighted by atomic mass is 32.2. The zero-order chi connectivity index (χ0) is 28.7. The lowest BCUT2D eigenvalue weighted by Crippen LogP contribution is -2.41. The Bertz CT molecular complexity index is 1370. The average molecular weight is 582 g/mol. The van der Waals surface area contributed by atoms with Crippen molar-refractivity contribution in [3.63, 3.8) is 0 Å². The molecule has 1 unspecified atom stereocenters. The first kappa shape index (κ1) is 29.8. The Kier molecular flexibility index (Phi) is 10.0. The van der Waals surface area contributed by atoms with E-state index in [1.165, 1.54) is 30.3 Å². The Labute approximate surface area is 243 Å². The average Bonchev–Trinajstić information content (AvgIpc) is 2.97. The second-order valence-electron chi connectivity index (χ2n) is 10.1. The monoisotopic (exact) mass is 581 g/mol. The number of thioether (sulfide) groups is 1. The van der Waals surface area contributed by atoms with Crippen LogP contribution in [-0.2, 0) is 14.8 Å². The molecular formula is C31H39N3O4S2. The van der Waals surface area contributed by atoms with Crippen molar-refractivity contribution in [2.24, 2.45) is 5.92 Å². The number of rotatable bonds is 11. The summed E-state index contributed by atoms with van der Waals surface area (Å²) in [5.74, 6) is 0.763. The highest BCUT2D eigenvalue weighted by molar-refractivity contribution is 7.98. The van der Waals surface area contributed by atoms with Gasteiger partial charge in [0.1, 0.15) is 12.3 Å². The van der Waals surface area contributed by atoms with E-state index in [0.29, 0.717) is 18.0 Å². The predicted molar refractivity (Wildman–Crippen MR) is 164 cm³/mol. The van der Waals surface area contributed by atoms with Gasteiger partial charge in [0.05, 0.1) is 23.2 Å². The molecule has 0 spiro atoms. The maximum absolute atomic E-state index is 13.9. The standard InChI is InChI=1S/C31H39N3O4S2/c1-5-38-30-9-7-6-8-29(30)34(40(36,37)28-16-14-27(39-4)15-17-28)22-31(35)32-24(3)25-10-12-26(13-11-25)33-20-18-23(2)19-21-33/h6-17,23-24H,5,18-22H2,1-4H3,(H,32,35). The molecule has 9 heteroatoms. The number of nitrogens with one attached hydrogen (secondary N) is 1. The van der Waals surface area contributed by atoms with Crippen LogP contribution >= 0.6 is 11.8 Å². The van der Waals surface area contributed by atoms with Crippen molar-refractivity contribution < 1.29 is 17.9 Å². The molecule has 1 aliphatic heterocycles. The fraction of sp³-hybridized carbons (Fsp3) is 0.387. The third kappa shape index (κ3) is 7.12. The molecule has 214 valence electrons. The molecule has 0 aliphatic carbocycles. The molecule has 3 aromatic carbocycles. The zero-order valence-electron chi connectivity index (χ0n) is 23.7. The number of carbonyl (C=O) groups is 1. The quantitative estimate of drug-likeness (QED) is 0.275. The molecule has 1 N–H and O–H groups in total. The van der Waals surface area contributed by atoms with Crippen molar-refractivity contribution >= 4 is 39.1 Å². The number of nitrogens with zero attached hydrogens (tertiary/aromatic N) is 2. The lowest BCUT2D eigenvalue weighted by molar-refractivity contribution is -0.120. The van der Waals surface area contributed by atoms with E-state index in [1.807, 2.05) is 32.2 Å². The summed E-state index contributed by atoms with van der Waals surface area (Å²) in [4.78, 5) is 16.8. The van der Waals surface area contributed by atoms with Crippen LogP contribution in [0, 0.1) is 5.92 Å². The number of hydrogen-bond donors (Lipinski definition) is 1. The highest BCUT2D eigenvalue weighted by Gasteiger charge is 2.30. The summed E-state index contributed by atoms with van der Waals surface area (Å²) in [5.41, 5.74) is 2.46. The van der Waals surface area contributed by atoms with E-state index in [0.717, 1.165) is 33.8 Å². The van der Waals surface area contributed by atoms with Gasteiger partial charge < -0.3 is 15.0 Å². The summed E-state index contributed by atoms with van der Waals surface area (Å²) in [7, 11) is -4.06. The summed E-state index contributed by atoms with van der Waals surface area (Å²) >= 11 is 1.53. The fourth-order valence-electron chi connectivity index (χ4n) is 4.86. The first-order valence-electron chi connectivity index (χ1n) is 13.8. The zero-order valence-corrected chi connectivity index (χ0v) is 25.3. The van der Waals surface area contributed by atoms with Crippen LogP contribution in [0.25, 0.3) is 0 Å².